The largest absolute Gasteiger partial charge is 0.392 e. The summed E-state index contributed by atoms with van der Waals surface area (Å²) in [6.07, 6.45) is 6.27. The second kappa shape index (κ2) is 3.72. The quantitative estimate of drug-likeness (QED) is 0.599. The van der Waals surface area contributed by atoms with E-state index in [0.29, 0.717) is 5.92 Å². The van der Waals surface area contributed by atoms with Crippen LogP contribution in [0.1, 0.15) is 26.2 Å². The fourth-order valence-corrected chi connectivity index (χ4v) is 1.44. The number of hydrogen-bond acceptors (Lipinski definition) is 1. The summed E-state index contributed by atoms with van der Waals surface area (Å²) in [5.41, 5.74) is 2.29. The van der Waals surface area contributed by atoms with Crippen LogP contribution in [0.2, 0.25) is 0 Å². The lowest BCUT2D eigenvalue weighted by Gasteiger charge is -2.21. The smallest absolute Gasteiger partial charge is 0.0647 e. The molecule has 0 amide bonds. The molecule has 0 heterocycles. The Morgan fingerprint density at radius 2 is 2.55 bits per heavy atom. The van der Waals surface area contributed by atoms with Crippen molar-refractivity contribution in [3.05, 3.63) is 23.8 Å². The molecule has 0 aromatic rings. The molecule has 1 rings (SSSR count). The van der Waals surface area contributed by atoms with Gasteiger partial charge in [-0.25, -0.2) is 0 Å². The second-order valence-corrected chi connectivity index (χ2v) is 3.22. The monoisotopic (exact) mass is 151 g/mol. The van der Waals surface area contributed by atoms with E-state index < -0.39 is 0 Å². The van der Waals surface area contributed by atoms with Crippen molar-refractivity contribution in [1.82, 2.24) is 0 Å². The molecule has 0 aromatic heterocycles. The molecule has 11 heavy (non-hydrogen) atoms. The molecular weight excluding hydrogens is 136 g/mol. The summed E-state index contributed by atoms with van der Waals surface area (Å²) in [5.74, 6) is 0.582. The van der Waals surface area contributed by atoms with Crippen molar-refractivity contribution in [2.45, 2.75) is 26.2 Å². The molecule has 61 valence electrons. The van der Waals surface area contributed by atoms with E-state index in [-0.39, 0.29) is 6.61 Å². The van der Waals surface area contributed by atoms with Gasteiger partial charge in [0.25, 0.3) is 0 Å². The highest BCUT2D eigenvalue weighted by Crippen LogP contribution is 2.27. The highest BCUT2D eigenvalue weighted by atomic mass is 16.3. The molecule has 0 saturated carbocycles. The molecule has 0 aromatic carbocycles. The van der Waals surface area contributed by atoms with E-state index in [1.807, 2.05) is 0 Å². The van der Waals surface area contributed by atoms with Crippen LogP contribution < -0.4 is 0 Å². The van der Waals surface area contributed by atoms with Crippen LogP contribution in [0.25, 0.3) is 0 Å². The maximum Gasteiger partial charge on any atom is 0.0647 e. The third kappa shape index (κ3) is 2.19. The van der Waals surface area contributed by atoms with Gasteiger partial charge in [-0.3, -0.25) is 0 Å². The average molecular weight is 151 g/mol. The molecule has 1 nitrogen and oxygen atoms in total. The lowest BCUT2D eigenvalue weighted by Crippen LogP contribution is -2.09. The first-order valence-corrected chi connectivity index (χ1v) is 4.09. The van der Waals surface area contributed by atoms with Gasteiger partial charge < -0.3 is 5.11 Å². The van der Waals surface area contributed by atoms with Gasteiger partial charge in [0.05, 0.1) is 6.61 Å². The number of aliphatic hydroxyl groups is 1. The van der Waals surface area contributed by atoms with Gasteiger partial charge in [0.1, 0.15) is 0 Å². The SMILES string of the molecule is C=C(C)C1CC[C]=C(CO)C1. The molecule has 1 aliphatic rings. The Morgan fingerprint density at radius 1 is 1.82 bits per heavy atom. The number of rotatable bonds is 2. The van der Waals surface area contributed by atoms with Gasteiger partial charge in [-0.05, 0) is 43.8 Å². The summed E-state index contributed by atoms with van der Waals surface area (Å²) in [5, 5.41) is 8.86. The van der Waals surface area contributed by atoms with Crippen LogP contribution in [-0.4, -0.2) is 11.7 Å². The Hall–Kier alpha value is -0.560. The minimum Gasteiger partial charge on any atom is -0.392 e. The van der Waals surface area contributed by atoms with Crippen molar-refractivity contribution in [3.63, 3.8) is 0 Å². The molecule has 1 N–H and O–H groups in total. The molecule has 1 radical (unpaired) electrons. The van der Waals surface area contributed by atoms with Crippen LogP contribution in [-0.2, 0) is 0 Å². The molecular formula is C10H15O. The first-order valence-electron chi connectivity index (χ1n) is 4.09. The van der Waals surface area contributed by atoms with E-state index >= 15 is 0 Å². The van der Waals surface area contributed by atoms with Crippen molar-refractivity contribution >= 4 is 0 Å². The molecule has 1 atom stereocenters. The normalized spacial score (nSPS) is 24.5. The van der Waals surface area contributed by atoms with Crippen molar-refractivity contribution in [2.75, 3.05) is 6.61 Å². The second-order valence-electron chi connectivity index (χ2n) is 3.22. The first kappa shape index (κ1) is 8.54. The van der Waals surface area contributed by atoms with Gasteiger partial charge in [0, 0.05) is 0 Å². The Balaban J connectivity index is 2.53. The third-order valence-corrected chi connectivity index (χ3v) is 2.25. The number of aliphatic hydroxyl groups excluding tert-OH is 1. The van der Waals surface area contributed by atoms with Crippen molar-refractivity contribution in [2.24, 2.45) is 5.92 Å². The summed E-state index contributed by atoms with van der Waals surface area (Å²) >= 11 is 0. The van der Waals surface area contributed by atoms with Gasteiger partial charge in [-0.1, -0.05) is 12.2 Å². The summed E-state index contributed by atoms with van der Waals surface area (Å²) < 4.78 is 0. The highest BCUT2D eigenvalue weighted by molar-refractivity contribution is 5.09. The fraction of sp³-hybridized carbons (Fsp3) is 0.600. The Bertz CT molecular complexity index is 179. The van der Waals surface area contributed by atoms with Crippen LogP contribution in [0.15, 0.2) is 17.7 Å². The molecule has 1 heteroatoms. The zero-order valence-electron chi connectivity index (χ0n) is 7.06. The topological polar surface area (TPSA) is 20.2 Å². The zero-order valence-corrected chi connectivity index (χ0v) is 7.06. The van der Waals surface area contributed by atoms with E-state index in [2.05, 4.69) is 19.6 Å². The van der Waals surface area contributed by atoms with Crippen molar-refractivity contribution < 1.29 is 5.11 Å². The van der Waals surface area contributed by atoms with E-state index in [4.69, 9.17) is 5.11 Å². The molecule has 0 bridgehead atoms. The van der Waals surface area contributed by atoms with Crippen LogP contribution in [0.5, 0.6) is 0 Å². The Labute approximate surface area is 68.4 Å². The predicted octanol–water partition coefficient (Wildman–Crippen LogP) is 2.08. The van der Waals surface area contributed by atoms with Gasteiger partial charge in [0.15, 0.2) is 0 Å². The molecule has 1 unspecified atom stereocenters. The van der Waals surface area contributed by atoms with Crippen LogP contribution >= 0.6 is 0 Å². The average Bonchev–Trinajstić information content (AvgIpc) is 2.05. The molecule has 1 aliphatic carbocycles. The summed E-state index contributed by atoms with van der Waals surface area (Å²) in [6.45, 7) is 6.16. The van der Waals surface area contributed by atoms with E-state index in [1.165, 1.54) is 5.57 Å². The number of allylic oxidation sites excluding steroid dienone is 2. The molecule has 0 aliphatic heterocycles. The van der Waals surface area contributed by atoms with E-state index in [9.17, 15) is 0 Å². The van der Waals surface area contributed by atoms with E-state index in [1.54, 1.807) is 0 Å². The maximum absolute atomic E-state index is 8.86. The van der Waals surface area contributed by atoms with Gasteiger partial charge in [-0.15, -0.1) is 0 Å². The minimum atomic E-state index is 0.170. The van der Waals surface area contributed by atoms with Gasteiger partial charge in [-0.2, -0.15) is 0 Å². The number of hydrogen-bond donors (Lipinski definition) is 1. The lowest BCUT2D eigenvalue weighted by atomic mass is 9.85. The van der Waals surface area contributed by atoms with Gasteiger partial charge >= 0.3 is 0 Å². The summed E-state index contributed by atoms with van der Waals surface area (Å²) in [4.78, 5) is 0. The third-order valence-electron chi connectivity index (χ3n) is 2.25. The van der Waals surface area contributed by atoms with Crippen LogP contribution in [0, 0.1) is 12.0 Å². The van der Waals surface area contributed by atoms with Crippen molar-refractivity contribution in [1.29, 1.82) is 0 Å². The molecule has 0 saturated heterocycles. The fourth-order valence-electron chi connectivity index (χ4n) is 1.44. The standard InChI is InChI=1S/C10H15O/c1-8(2)10-5-3-4-9(6-10)7-11/h10-11H,1,3,5-7H2,2H3. The van der Waals surface area contributed by atoms with Crippen LogP contribution in [0.4, 0.5) is 0 Å². The minimum absolute atomic E-state index is 0.170. The van der Waals surface area contributed by atoms with Crippen molar-refractivity contribution in [3.8, 4) is 0 Å². The Kier molecular flexibility index (Phi) is 2.89. The predicted molar refractivity (Wildman–Crippen MR) is 46.0 cm³/mol. The summed E-state index contributed by atoms with van der Waals surface area (Å²) in [7, 11) is 0. The molecule has 0 spiro atoms. The van der Waals surface area contributed by atoms with Crippen LogP contribution in [0.3, 0.4) is 0 Å². The molecule has 0 fully saturated rings. The van der Waals surface area contributed by atoms with E-state index in [0.717, 1.165) is 24.8 Å². The highest BCUT2D eigenvalue weighted by Gasteiger charge is 2.15. The first-order chi connectivity index (χ1) is 5.24. The Morgan fingerprint density at radius 3 is 3.09 bits per heavy atom. The zero-order chi connectivity index (χ0) is 8.27. The van der Waals surface area contributed by atoms with Gasteiger partial charge in [0.2, 0.25) is 0 Å². The summed E-state index contributed by atoms with van der Waals surface area (Å²) in [6, 6.07) is 0. The lowest BCUT2D eigenvalue weighted by molar-refractivity contribution is 0.315. The maximum atomic E-state index is 8.86.